The van der Waals surface area contributed by atoms with Gasteiger partial charge in [0.05, 0.1) is 0 Å². The number of carbonyl (C=O) groups excluding carboxylic acids is 1. The normalized spacial score (nSPS) is 10.2. The minimum Gasteiger partial charge on any atom is -0.418 e. The van der Waals surface area contributed by atoms with Crippen molar-refractivity contribution >= 4 is 28.5 Å². The first-order valence-corrected chi connectivity index (χ1v) is 6.41. The van der Waals surface area contributed by atoms with Crippen molar-refractivity contribution in [2.75, 3.05) is 11.5 Å². The Balaban J connectivity index is 2.36. The molecule has 0 fully saturated rings. The number of para-hydroxylation sites is 1. The number of hydrogen-bond donors (Lipinski definition) is 2. The number of hydrogen-bond acceptors (Lipinski definition) is 5. The molecule has 4 N–H and O–H groups in total. The zero-order chi connectivity index (χ0) is 13.8. The van der Waals surface area contributed by atoms with E-state index in [1.54, 1.807) is 12.1 Å². The number of rotatable bonds is 3. The molecule has 0 bridgehead atoms. The standard InChI is InChI=1S/C14H14N2O2S/c1-9(17)19-18-12-7-10(6-11(15)8-12)13-4-2-3-5-14(13)16/h2-8H,15-16H2,1H3. The van der Waals surface area contributed by atoms with Gasteiger partial charge in [0.25, 0.3) is 0 Å². The summed E-state index contributed by atoms with van der Waals surface area (Å²) in [5, 5.41) is -0.122. The highest BCUT2D eigenvalue weighted by atomic mass is 32.2. The Hall–Kier alpha value is -2.14. The Kier molecular flexibility index (Phi) is 3.97. The number of carbonyl (C=O) groups is 1. The van der Waals surface area contributed by atoms with E-state index in [1.807, 2.05) is 30.3 Å². The molecule has 2 aromatic carbocycles. The molecule has 19 heavy (non-hydrogen) atoms. The van der Waals surface area contributed by atoms with Crippen molar-refractivity contribution in [3.05, 3.63) is 42.5 Å². The van der Waals surface area contributed by atoms with E-state index < -0.39 is 0 Å². The average Bonchev–Trinajstić information content (AvgIpc) is 2.36. The van der Waals surface area contributed by atoms with Crippen LogP contribution in [0.2, 0.25) is 0 Å². The van der Waals surface area contributed by atoms with E-state index in [4.69, 9.17) is 15.7 Å². The third-order valence-electron chi connectivity index (χ3n) is 2.46. The lowest BCUT2D eigenvalue weighted by Gasteiger charge is -2.09. The number of nitrogens with two attached hydrogens (primary N) is 2. The summed E-state index contributed by atoms with van der Waals surface area (Å²) in [5.41, 5.74) is 14.7. The van der Waals surface area contributed by atoms with E-state index in [0.717, 1.165) is 23.2 Å². The van der Waals surface area contributed by atoms with Crippen LogP contribution in [0.4, 0.5) is 11.4 Å². The van der Waals surface area contributed by atoms with Crippen molar-refractivity contribution in [1.29, 1.82) is 0 Å². The molecule has 98 valence electrons. The van der Waals surface area contributed by atoms with Crippen LogP contribution in [0, 0.1) is 0 Å². The van der Waals surface area contributed by atoms with Gasteiger partial charge in [0.2, 0.25) is 5.12 Å². The van der Waals surface area contributed by atoms with Gasteiger partial charge in [0, 0.05) is 29.9 Å². The lowest BCUT2D eigenvalue weighted by molar-refractivity contribution is -0.109. The van der Waals surface area contributed by atoms with Crippen molar-refractivity contribution in [2.45, 2.75) is 6.92 Å². The molecule has 0 radical (unpaired) electrons. The second kappa shape index (κ2) is 5.67. The molecule has 0 aliphatic rings. The van der Waals surface area contributed by atoms with Crippen molar-refractivity contribution in [3.8, 4) is 16.9 Å². The largest absolute Gasteiger partial charge is 0.418 e. The molecule has 2 rings (SSSR count). The molecule has 0 amide bonds. The van der Waals surface area contributed by atoms with Gasteiger partial charge in [-0.25, -0.2) is 0 Å². The molecule has 0 aliphatic carbocycles. The second-order valence-corrected chi connectivity index (χ2v) is 4.94. The SMILES string of the molecule is CC(=O)SOc1cc(N)cc(-c2ccccc2N)c1. The van der Waals surface area contributed by atoms with Crippen molar-refractivity contribution in [1.82, 2.24) is 0 Å². The van der Waals surface area contributed by atoms with Gasteiger partial charge in [-0.3, -0.25) is 4.79 Å². The first-order chi connectivity index (χ1) is 9.06. The maximum atomic E-state index is 10.9. The average molecular weight is 274 g/mol. The highest BCUT2D eigenvalue weighted by Gasteiger charge is 2.07. The van der Waals surface area contributed by atoms with E-state index >= 15 is 0 Å². The number of nitrogen functional groups attached to an aromatic ring is 2. The lowest BCUT2D eigenvalue weighted by atomic mass is 10.0. The van der Waals surface area contributed by atoms with Gasteiger partial charge in [-0.05, 0) is 23.8 Å². The van der Waals surface area contributed by atoms with Crippen LogP contribution in [0.15, 0.2) is 42.5 Å². The Morgan fingerprint density at radius 3 is 2.58 bits per heavy atom. The fourth-order valence-corrected chi connectivity index (χ4v) is 2.00. The van der Waals surface area contributed by atoms with Crippen LogP contribution in [-0.4, -0.2) is 5.12 Å². The molecule has 0 unspecified atom stereocenters. The summed E-state index contributed by atoms with van der Waals surface area (Å²) in [7, 11) is 0. The van der Waals surface area contributed by atoms with E-state index in [9.17, 15) is 4.79 Å². The van der Waals surface area contributed by atoms with Gasteiger partial charge in [0.15, 0.2) is 0 Å². The quantitative estimate of drug-likeness (QED) is 0.664. The van der Waals surface area contributed by atoms with Gasteiger partial charge in [-0.2, -0.15) is 0 Å². The van der Waals surface area contributed by atoms with Crippen molar-refractivity contribution in [3.63, 3.8) is 0 Å². The molecule has 5 heteroatoms. The molecule has 0 aliphatic heterocycles. The van der Waals surface area contributed by atoms with E-state index in [-0.39, 0.29) is 5.12 Å². The molecule has 0 atom stereocenters. The van der Waals surface area contributed by atoms with Crippen LogP contribution in [0.25, 0.3) is 11.1 Å². The predicted octanol–water partition coefficient (Wildman–Crippen LogP) is 3.09. The van der Waals surface area contributed by atoms with Crippen LogP contribution in [0.3, 0.4) is 0 Å². The topological polar surface area (TPSA) is 78.3 Å². The molecule has 0 saturated heterocycles. The first kappa shape index (κ1) is 13.3. The summed E-state index contributed by atoms with van der Waals surface area (Å²) in [6.07, 6.45) is 0. The van der Waals surface area contributed by atoms with Crippen LogP contribution < -0.4 is 15.7 Å². The van der Waals surface area contributed by atoms with Crippen LogP contribution >= 0.6 is 12.0 Å². The monoisotopic (exact) mass is 274 g/mol. The van der Waals surface area contributed by atoms with Gasteiger partial charge in [-0.15, -0.1) is 0 Å². The fraction of sp³-hybridized carbons (Fsp3) is 0.0714. The van der Waals surface area contributed by atoms with E-state index in [1.165, 1.54) is 6.92 Å². The third-order valence-corrected chi connectivity index (χ3v) is 2.97. The zero-order valence-electron chi connectivity index (χ0n) is 10.4. The van der Waals surface area contributed by atoms with Gasteiger partial charge in [-0.1, -0.05) is 18.2 Å². The summed E-state index contributed by atoms with van der Waals surface area (Å²) in [6, 6.07) is 12.8. The Labute approximate surface area is 116 Å². The van der Waals surface area contributed by atoms with E-state index in [0.29, 0.717) is 17.1 Å². The van der Waals surface area contributed by atoms with Crippen LogP contribution in [0.1, 0.15) is 6.92 Å². The summed E-state index contributed by atoms with van der Waals surface area (Å²) in [4.78, 5) is 10.9. The molecule has 0 heterocycles. The molecular formula is C14H14N2O2S. The highest BCUT2D eigenvalue weighted by molar-refractivity contribution is 8.09. The van der Waals surface area contributed by atoms with Gasteiger partial charge < -0.3 is 15.7 Å². The molecule has 0 saturated carbocycles. The van der Waals surface area contributed by atoms with E-state index in [2.05, 4.69) is 0 Å². The van der Waals surface area contributed by atoms with Crippen LogP contribution in [0.5, 0.6) is 5.75 Å². The highest BCUT2D eigenvalue weighted by Crippen LogP contribution is 2.32. The molecule has 2 aromatic rings. The van der Waals surface area contributed by atoms with Crippen molar-refractivity contribution in [2.24, 2.45) is 0 Å². The maximum Gasteiger partial charge on any atom is 0.224 e. The minimum absolute atomic E-state index is 0.122. The summed E-state index contributed by atoms with van der Waals surface area (Å²) >= 11 is 0.775. The van der Waals surface area contributed by atoms with Gasteiger partial charge >= 0.3 is 0 Å². The minimum atomic E-state index is -0.122. The van der Waals surface area contributed by atoms with Gasteiger partial charge in [0.1, 0.15) is 17.8 Å². The molecule has 4 nitrogen and oxygen atoms in total. The Morgan fingerprint density at radius 1 is 1.16 bits per heavy atom. The number of benzene rings is 2. The molecular weight excluding hydrogens is 260 g/mol. The fourth-order valence-electron chi connectivity index (χ4n) is 1.69. The first-order valence-electron chi connectivity index (χ1n) is 5.67. The Bertz CT molecular complexity index is 614. The summed E-state index contributed by atoms with van der Waals surface area (Å²) in [5.74, 6) is 0.526. The second-order valence-electron chi connectivity index (χ2n) is 4.04. The zero-order valence-corrected chi connectivity index (χ0v) is 11.2. The smallest absolute Gasteiger partial charge is 0.224 e. The van der Waals surface area contributed by atoms with Crippen molar-refractivity contribution < 1.29 is 8.98 Å². The lowest BCUT2D eigenvalue weighted by Crippen LogP contribution is -1.94. The Morgan fingerprint density at radius 2 is 1.89 bits per heavy atom. The molecule has 0 spiro atoms. The molecule has 0 aromatic heterocycles. The summed E-state index contributed by atoms with van der Waals surface area (Å²) in [6.45, 7) is 1.44. The van der Waals surface area contributed by atoms with Crippen LogP contribution in [-0.2, 0) is 4.79 Å². The number of anilines is 2. The summed E-state index contributed by atoms with van der Waals surface area (Å²) < 4.78 is 5.30. The predicted molar refractivity (Wildman–Crippen MR) is 79.6 cm³/mol. The third kappa shape index (κ3) is 3.42. The maximum absolute atomic E-state index is 10.9.